The summed E-state index contributed by atoms with van der Waals surface area (Å²) in [7, 11) is -3.48. The lowest BCUT2D eigenvalue weighted by Crippen LogP contribution is -2.48. The third kappa shape index (κ3) is 4.05. The van der Waals surface area contributed by atoms with E-state index in [1.807, 2.05) is 32.9 Å². The molecule has 0 aliphatic carbocycles. The fraction of sp³-hybridized carbons (Fsp3) is 0.467. The van der Waals surface area contributed by atoms with E-state index < -0.39 is 15.6 Å². The Morgan fingerprint density at radius 2 is 1.85 bits per heavy atom. The molecule has 0 radical (unpaired) electrons. The van der Waals surface area contributed by atoms with Gasteiger partial charge in [0.1, 0.15) is 0 Å². The van der Waals surface area contributed by atoms with E-state index in [9.17, 15) is 8.42 Å². The van der Waals surface area contributed by atoms with Gasteiger partial charge in [0.05, 0.1) is 4.90 Å². The summed E-state index contributed by atoms with van der Waals surface area (Å²) in [6, 6.07) is 7.01. The lowest BCUT2D eigenvalue weighted by molar-refractivity contribution is 0.241. The predicted octanol–water partition coefficient (Wildman–Crippen LogP) is 3.78. The fourth-order valence-corrected chi connectivity index (χ4v) is 4.72. The monoisotopic (exact) mass is 407 g/mol. The van der Waals surface area contributed by atoms with E-state index in [4.69, 9.17) is 0 Å². The average molecular weight is 407 g/mol. The predicted molar refractivity (Wildman–Crippen MR) is 92.9 cm³/mol. The third-order valence-electron chi connectivity index (χ3n) is 3.22. The Balaban J connectivity index is 3.25. The van der Waals surface area contributed by atoms with Crippen molar-refractivity contribution in [2.24, 2.45) is 0 Å². The number of alkyl halides is 1. The van der Waals surface area contributed by atoms with Crippen LogP contribution in [0.25, 0.3) is 0 Å². The zero-order valence-electron chi connectivity index (χ0n) is 12.3. The molecule has 0 atom stereocenters. The maximum Gasteiger partial charge on any atom is 0.243 e. The van der Waals surface area contributed by atoms with Crippen LogP contribution in [0.5, 0.6) is 0 Å². The molecule has 0 aromatic heterocycles. The van der Waals surface area contributed by atoms with Gasteiger partial charge in [0, 0.05) is 16.5 Å². The summed E-state index contributed by atoms with van der Waals surface area (Å²) in [5.41, 5.74) is 0.575. The van der Waals surface area contributed by atoms with Crippen molar-refractivity contribution >= 4 is 32.6 Å². The van der Waals surface area contributed by atoms with Gasteiger partial charge in [0.25, 0.3) is 0 Å². The lowest BCUT2D eigenvalue weighted by Gasteiger charge is -2.36. The number of hydrogen-bond donors (Lipinski definition) is 0. The molecule has 3 nitrogen and oxygen atoms in total. The molecule has 0 unspecified atom stereocenters. The van der Waals surface area contributed by atoms with Crippen LogP contribution in [0, 0.1) is 6.92 Å². The van der Waals surface area contributed by atoms with E-state index in [2.05, 4.69) is 29.2 Å². The molecule has 0 aliphatic rings. The number of sulfonamides is 1. The van der Waals surface area contributed by atoms with Gasteiger partial charge in [-0.1, -0.05) is 46.4 Å². The topological polar surface area (TPSA) is 37.4 Å². The van der Waals surface area contributed by atoms with Crippen molar-refractivity contribution in [3.05, 3.63) is 42.5 Å². The normalized spacial score (nSPS) is 12.7. The SMILES string of the molecule is C=CCC(C)(C)N(CCI)S(=O)(=O)c1ccc(C)cc1. The minimum absolute atomic E-state index is 0.352. The summed E-state index contributed by atoms with van der Waals surface area (Å²) in [5, 5.41) is 0. The van der Waals surface area contributed by atoms with Crippen LogP contribution < -0.4 is 0 Å². The molecule has 0 N–H and O–H groups in total. The van der Waals surface area contributed by atoms with E-state index in [0.29, 0.717) is 17.9 Å². The Morgan fingerprint density at radius 1 is 1.30 bits per heavy atom. The Morgan fingerprint density at radius 3 is 2.30 bits per heavy atom. The van der Waals surface area contributed by atoms with E-state index in [-0.39, 0.29) is 0 Å². The summed E-state index contributed by atoms with van der Waals surface area (Å²) < 4.78 is 28.0. The first-order chi connectivity index (χ1) is 9.25. The van der Waals surface area contributed by atoms with Crippen LogP contribution in [0.3, 0.4) is 0 Å². The zero-order valence-corrected chi connectivity index (χ0v) is 15.2. The molecular weight excluding hydrogens is 385 g/mol. The van der Waals surface area contributed by atoms with Crippen molar-refractivity contribution in [3.63, 3.8) is 0 Å². The summed E-state index contributed by atoms with van der Waals surface area (Å²) in [6.45, 7) is 10.0. The van der Waals surface area contributed by atoms with Gasteiger partial charge >= 0.3 is 0 Å². The molecule has 20 heavy (non-hydrogen) atoms. The van der Waals surface area contributed by atoms with Gasteiger partial charge < -0.3 is 0 Å². The second-order valence-corrected chi connectivity index (χ2v) is 8.33. The van der Waals surface area contributed by atoms with Crippen LogP contribution in [0.1, 0.15) is 25.8 Å². The molecule has 0 bridgehead atoms. The van der Waals surface area contributed by atoms with E-state index >= 15 is 0 Å². The Labute approximate surface area is 136 Å². The van der Waals surface area contributed by atoms with E-state index in [1.54, 1.807) is 22.5 Å². The second-order valence-electron chi connectivity index (χ2n) is 5.38. The van der Waals surface area contributed by atoms with Crippen molar-refractivity contribution in [3.8, 4) is 0 Å². The highest BCUT2D eigenvalue weighted by atomic mass is 127. The molecule has 1 aromatic rings. The van der Waals surface area contributed by atoms with Crippen molar-refractivity contribution in [2.45, 2.75) is 37.6 Å². The van der Waals surface area contributed by atoms with Gasteiger partial charge in [-0.05, 0) is 39.3 Å². The van der Waals surface area contributed by atoms with Crippen molar-refractivity contribution in [1.82, 2.24) is 4.31 Å². The van der Waals surface area contributed by atoms with Gasteiger partial charge in [-0.2, -0.15) is 4.31 Å². The minimum Gasteiger partial charge on any atom is -0.207 e. The number of rotatable bonds is 7. The van der Waals surface area contributed by atoms with Gasteiger partial charge in [-0.3, -0.25) is 0 Å². The maximum atomic E-state index is 12.8. The first-order valence-electron chi connectivity index (χ1n) is 6.52. The first kappa shape index (κ1) is 17.7. The van der Waals surface area contributed by atoms with Gasteiger partial charge in [-0.25, -0.2) is 8.42 Å². The molecule has 0 fully saturated rings. The smallest absolute Gasteiger partial charge is 0.207 e. The molecule has 5 heteroatoms. The second kappa shape index (κ2) is 7.04. The van der Waals surface area contributed by atoms with Crippen LogP contribution in [0.4, 0.5) is 0 Å². The summed E-state index contributed by atoms with van der Waals surface area (Å²) >= 11 is 2.20. The number of hydrogen-bond acceptors (Lipinski definition) is 2. The standard InChI is InChI=1S/C15H22INO2S/c1-5-10-15(3,4)17(12-11-16)20(18,19)14-8-6-13(2)7-9-14/h5-9H,1,10-12H2,2-4H3. The highest BCUT2D eigenvalue weighted by Crippen LogP contribution is 2.27. The number of halogens is 1. The molecule has 0 aliphatic heterocycles. The molecule has 1 rings (SSSR count). The molecule has 112 valence electrons. The number of benzene rings is 1. The summed E-state index contributed by atoms with van der Waals surface area (Å²) in [6.07, 6.45) is 2.39. The van der Waals surface area contributed by atoms with Crippen molar-refractivity contribution in [2.75, 3.05) is 11.0 Å². The zero-order chi connectivity index (χ0) is 15.4. The average Bonchev–Trinajstić information content (AvgIpc) is 2.36. The minimum atomic E-state index is -3.48. The van der Waals surface area contributed by atoms with Gasteiger partial charge in [-0.15, -0.1) is 6.58 Å². The highest BCUT2D eigenvalue weighted by molar-refractivity contribution is 14.1. The van der Waals surface area contributed by atoms with Crippen LogP contribution in [0.15, 0.2) is 41.8 Å². The quantitative estimate of drug-likeness (QED) is 0.392. The third-order valence-corrected chi connectivity index (χ3v) is 5.82. The largest absolute Gasteiger partial charge is 0.243 e. The van der Waals surface area contributed by atoms with E-state index in [0.717, 1.165) is 9.99 Å². The molecule has 0 saturated heterocycles. The Hall–Kier alpha value is -0.400. The molecule has 0 heterocycles. The Bertz CT molecular complexity index is 550. The summed E-state index contributed by atoms with van der Waals surface area (Å²) in [4.78, 5) is 0.352. The maximum absolute atomic E-state index is 12.8. The van der Waals surface area contributed by atoms with Gasteiger partial charge in [0.15, 0.2) is 0 Å². The van der Waals surface area contributed by atoms with Crippen molar-refractivity contribution in [1.29, 1.82) is 0 Å². The van der Waals surface area contributed by atoms with Crippen LogP contribution in [0.2, 0.25) is 0 Å². The first-order valence-corrected chi connectivity index (χ1v) is 9.48. The molecule has 0 amide bonds. The van der Waals surface area contributed by atoms with Crippen LogP contribution in [-0.4, -0.2) is 29.2 Å². The lowest BCUT2D eigenvalue weighted by atomic mass is 10.0. The number of aryl methyl sites for hydroxylation is 1. The van der Waals surface area contributed by atoms with Crippen LogP contribution in [-0.2, 0) is 10.0 Å². The van der Waals surface area contributed by atoms with Crippen molar-refractivity contribution < 1.29 is 8.42 Å². The van der Waals surface area contributed by atoms with E-state index in [1.165, 1.54) is 0 Å². The number of nitrogens with zero attached hydrogens (tertiary/aromatic N) is 1. The van der Waals surface area contributed by atoms with Crippen LogP contribution >= 0.6 is 22.6 Å². The highest BCUT2D eigenvalue weighted by Gasteiger charge is 2.35. The molecule has 0 saturated carbocycles. The fourth-order valence-electron chi connectivity index (χ4n) is 2.12. The summed E-state index contributed by atoms with van der Waals surface area (Å²) in [5.74, 6) is 0. The molecule has 1 aromatic carbocycles. The Kier molecular flexibility index (Phi) is 6.22. The molecular formula is C15H22INO2S. The van der Waals surface area contributed by atoms with Gasteiger partial charge in [0.2, 0.25) is 10.0 Å². The molecule has 0 spiro atoms.